The maximum atomic E-state index is 11.9. The Bertz CT molecular complexity index is 559. The van der Waals surface area contributed by atoms with E-state index in [0.29, 0.717) is 11.6 Å². The van der Waals surface area contributed by atoms with E-state index in [1.807, 2.05) is 13.0 Å². The van der Waals surface area contributed by atoms with Gasteiger partial charge in [0.1, 0.15) is 0 Å². The number of rotatable bonds is 4. The van der Waals surface area contributed by atoms with Gasteiger partial charge in [-0.3, -0.25) is 14.1 Å². The van der Waals surface area contributed by atoms with Crippen molar-refractivity contribution < 1.29 is 0 Å². The van der Waals surface area contributed by atoms with Crippen LogP contribution in [0, 0.1) is 0 Å². The molecule has 0 atom stereocenters. The van der Waals surface area contributed by atoms with Crippen LogP contribution in [0.4, 0.5) is 0 Å². The number of aromatic nitrogens is 3. The second-order valence-electron chi connectivity index (χ2n) is 3.87. The van der Waals surface area contributed by atoms with E-state index < -0.39 is 0 Å². The fraction of sp³-hybridized carbons (Fsp3) is 0.333. The Hall–Kier alpha value is -1.55. The highest BCUT2D eigenvalue weighted by Crippen LogP contribution is 2.13. The first-order valence-electron chi connectivity index (χ1n) is 5.56. The van der Waals surface area contributed by atoms with Crippen molar-refractivity contribution in [2.24, 2.45) is 0 Å². The van der Waals surface area contributed by atoms with E-state index in [2.05, 4.69) is 4.98 Å². The molecule has 0 N–H and O–H groups in total. The minimum Gasteiger partial charge on any atom is -0.299 e. The van der Waals surface area contributed by atoms with Crippen LogP contribution < -0.4 is 5.69 Å². The first kappa shape index (κ1) is 11.9. The summed E-state index contributed by atoms with van der Waals surface area (Å²) >= 11 is 6.01. The van der Waals surface area contributed by atoms with Gasteiger partial charge in [0.05, 0.1) is 11.6 Å². The van der Waals surface area contributed by atoms with Crippen molar-refractivity contribution in [1.82, 2.24) is 14.1 Å². The second kappa shape index (κ2) is 5.19. The topological polar surface area (TPSA) is 39.8 Å². The van der Waals surface area contributed by atoms with Gasteiger partial charge in [0, 0.05) is 31.3 Å². The van der Waals surface area contributed by atoms with Crippen LogP contribution in [0.15, 0.2) is 35.6 Å². The Morgan fingerprint density at radius 3 is 2.82 bits per heavy atom. The summed E-state index contributed by atoms with van der Waals surface area (Å²) < 4.78 is 3.35. The fourth-order valence-electron chi connectivity index (χ4n) is 1.70. The summed E-state index contributed by atoms with van der Waals surface area (Å²) in [6.45, 7) is 3.27. The van der Waals surface area contributed by atoms with Gasteiger partial charge in [-0.1, -0.05) is 18.5 Å². The molecule has 0 aliphatic carbocycles. The van der Waals surface area contributed by atoms with Gasteiger partial charge >= 0.3 is 5.69 Å². The van der Waals surface area contributed by atoms with Crippen LogP contribution in [-0.4, -0.2) is 14.1 Å². The quantitative estimate of drug-likeness (QED) is 0.835. The highest BCUT2D eigenvalue weighted by atomic mass is 35.5. The molecule has 0 aromatic carbocycles. The molecule has 0 amide bonds. The second-order valence-corrected chi connectivity index (χ2v) is 4.28. The van der Waals surface area contributed by atoms with Gasteiger partial charge in [-0.15, -0.1) is 0 Å². The standard InChI is InChI=1S/C12H14ClN3O/c1-2-5-15-6-7-16(12(15)17)9-10-3-4-14-8-11(10)13/h3-4,6-8H,2,5,9H2,1H3. The minimum atomic E-state index is -0.000251. The van der Waals surface area contributed by atoms with Crippen LogP contribution in [-0.2, 0) is 13.1 Å². The van der Waals surface area contributed by atoms with E-state index in [1.165, 1.54) is 0 Å². The molecular formula is C12H14ClN3O. The number of pyridine rings is 1. The largest absolute Gasteiger partial charge is 0.328 e. The van der Waals surface area contributed by atoms with E-state index >= 15 is 0 Å². The highest BCUT2D eigenvalue weighted by Gasteiger charge is 2.05. The Balaban J connectivity index is 2.25. The average Bonchev–Trinajstić information content (AvgIpc) is 2.65. The zero-order valence-corrected chi connectivity index (χ0v) is 10.4. The molecule has 0 spiro atoms. The smallest absolute Gasteiger partial charge is 0.299 e. The first-order chi connectivity index (χ1) is 8.22. The molecule has 0 radical (unpaired) electrons. The van der Waals surface area contributed by atoms with Crippen molar-refractivity contribution in [3.63, 3.8) is 0 Å². The Morgan fingerprint density at radius 1 is 1.35 bits per heavy atom. The van der Waals surface area contributed by atoms with Crippen LogP contribution in [0.25, 0.3) is 0 Å². The van der Waals surface area contributed by atoms with Crippen LogP contribution in [0.2, 0.25) is 5.02 Å². The van der Waals surface area contributed by atoms with Crippen LogP contribution in [0.3, 0.4) is 0 Å². The van der Waals surface area contributed by atoms with Crippen molar-refractivity contribution in [1.29, 1.82) is 0 Å². The highest BCUT2D eigenvalue weighted by molar-refractivity contribution is 6.31. The molecule has 0 bridgehead atoms. The van der Waals surface area contributed by atoms with Crippen LogP contribution in [0.1, 0.15) is 18.9 Å². The molecule has 2 aromatic rings. The van der Waals surface area contributed by atoms with Crippen molar-refractivity contribution in [2.75, 3.05) is 0 Å². The third-order valence-electron chi connectivity index (χ3n) is 2.58. The summed E-state index contributed by atoms with van der Waals surface area (Å²) in [5, 5.41) is 0.586. The van der Waals surface area contributed by atoms with Crippen molar-refractivity contribution in [2.45, 2.75) is 26.4 Å². The number of aryl methyl sites for hydroxylation is 1. The summed E-state index contributed by atoms with van der Waals surface area (Å²) in [5.74, 6) is 0. The molecule has 5 heteroatoms. The zero-order valence-electron chi connectivity index (χ0n) is 9.64. The molecule has 90 valence electrons. The van der Waals surface area contributed by atoms with E-state index in [4.69, 9.17) is 11.6 Å². The van der Waals surface area contributed by atoms with Crippen LogP contribution >= 0.6 is 11.6 Å². The molecular weight excluding hydrogens is 238 g/mol. The van der Waals surface area contributed by atoms with Gasteiger partial charge in [-0.2, -0.15) is 0 Å². The molecule has 4 nitrogen and oxygen atoms in total. The molecule has 0 aliphatic rings. The molecule has 0 unspecified atom stereocenters. The molecule has 0 saturated heterocycles. The molecule has 0 aliphatic heterocycles. The predicted molar refractivity (Wildman–Crippen MR) is 67.3 cm³/mol. The zero-order chi connectivity index (χ0) is 12.3. The number of hydrogen-bond acceptors (Lipinski definition) is 2. The lowest BCUT2D eigenvalue weighted by Crippen LogP contribution is -2.24. The lowest BCUT2D eigenvalue weighted by atomic mass is 10.3. The molecule has 0 fully saturated rings. The predicted octanol–water partition coefficient (Wildman–Crippen LogP) is 2.16. The lowest BCUT2D eigenvalue weighted by Gasteiger charge is -2.03. The van der Waals surface area contributed by atoms with Gasteiger partial charge in [0.15, 0.2) is 0 Å². The third-order valence-corrected chi connectivity index (χ3v) is 2.92. The van der Waals surface area contributed by atoms with Crippen LogP contribution in [0.5, 0.6) is 0 Å². The van der Waals surface area contributed by atoms with E-state index in [-0.39, 0.29) is 5.69 Å². The Kier molecular flexibility index (Phi) is 3.64. The van der Waals surface area contributed by atoms with Crippen molar-refractivity contribution in [3.8, 4) is 0 Å². The summed E-state index contributed by atoms with van der Waals surface area (Å²) in [6.07, 6.45) is 7.80. The molecule has 2 heterocycles. The van der Waals surface area contributed by atoms with Gasteiger partial charge in [0.25, 0.3) is 0 Å². The summed E-state index contributed by atoms with van der Waals surface area (Å²) in [7, 11) is 0. The van der Waals surface area contributed by atoms with E-state index in [1.54, 1.807) is 33.9 Å². The number of hydrogen-bond donors (Lipinski definition) is 0. The van der Waals surface area contributed by atoms with Gasteiger partial charge in [0.2, 0.25) is 0 Å². The maximum absolute atomic E-state index is 11.9. The number of halogens is 1. The van der Waals surface area contributed by atoms with Crippen molar-refractivity contribution in [3.05, 3.63) is 51.9 Å². The SMILES string of the molecule is CCCn1ccn(Cc2ccncc2Cl)c1=O. The number of nitrogens with zero attached hydrogens (tertiary/aromatic N) is 3. The Labute approximate surface area is 104 Å². The molecule has 2 rings (SSSR count). The minimum absolute atomic E-state index is 0.000251. The molecule has 17 heavy (non-hydrogen) atoms. The lowest BCUT2D eigenvalue weighted by molar-refractivity contribution is 0.624. The number of imidazole rings is 1. The third kappa shape index (κ3) is 2.58. The van der Waals surface area contributed by atoms with E-state index in [0.717, 1.165) is 18.5 Å². The summed E-state index contributed by atoms with van der Waals surface area (Å²) in [4.78, 5) is 15.9. The van der Waals surface area contributed by atoms with Gasteiger partial charge in [-0.25, -0.2) is 4.79 Å². The van der Waals surface area contributed by atoms with Gasteiger partial charge < -0.3 is 0 Å². The maximum Gasteiger partial charge on any atom is 0.328 e. The average molecular weight is 252 g/mol. The normalized spacial score (nSPS) is 10.7. The fourth-order valence-corrected chi connectivity index (χ4v) is 1.88. The van der Waals surface area contributed by atoms with Crippen molar-refractivity contribution >= 4 is 11.6 Å². The summed E-state index contributed by atoms with van der Waals surface area (Å²) in [6, 6.07) is 1.83. The van der Waals surface area contributed by atoms with Gasteiger partial charge in [-0.05, 0) is 18.1 Å². The first-order valence-corrected chi connectivity index (χ1v) is 5.94. The van der Waals surface area contributed by atoms with E-state index in [9.17, 15) is 4.79 Å². The molecule has 0 saturated carbocycles. The summed E-state index contributed by atoms with van der Waals surface area (Å²) in [5.41, 5.74) is 0.901. The monoisotopic (exact) mass is 251 g/mol. The molecule has 2 aromatic heterocycles. The Morgan fingerprint density at radius 2 is 2.12 bits per heavy atom.